The monoisotopic (exact) mass is 358 g/mol. The van der Waals surface area contributed by atoms with E-state index in [4.69, 9.17) is 12.2 Å². The molecular formula is C12H9BrF2N4S. The molecule has 0 aliphatic heterocycles. The van der Waals surface area contributed by atoms with Crippen LogP contribution in [-0.4, -0.2) is 19.3 Å². The lowest BCUT2D eigenvalue weighted by Crippen LogP contribution is -2.05. The number of H-pyrrole nitrogens is 1. The SMILES string of the molecule is Cc1nn(C)c2c1[nH]c(=S)n2-c1c(F)cc(Br)cc1F. The summed E-state index contributed by atoms with van der Waals surface area (Å²) in [5.74, 6) is -1.40. The van der Waals surface area contributed by atoms with E-state index in [2.05, 4.69) is 26.0 Å². The maximum absolute atomic E-state index is 14.1. The van der Waals surface area contributed by atoms with Gasteiger partial charge in [0, 0.05) is 11.5 Å². The van der Waals surface area contributed by atoms with E-state index in [1.54, 1.807) is 14.0 Å². The molecule has 0 aliphatic rings. The van der Waals surface area contributed by atoms with Gasteiger partial charge in [-0.2, -0.15) is 5.10 Å². The van der Waals surface area contributed by atoms with E-state index >= 15 is 0 Å². The van der Waals surface area contributed by atoms with Crippen molar-refractivity contribution >= 4 is 39.3 Å². The van der Waals surface area contributed by atoms with Gasteiger partial charge in [-0.3, -0.25) is 4.57 Å². The zero-order chi connectivity index (χ0) is 14.6. The van der Waals surface area contributed by atoms with Crippen LogP contribution in [0.15, 0.2) is 16.6 Å². The number of nitrogens with one attached hydrogen (secondary N) is 1. The lowest BCUT2D eigenvalue weighted by molar-refractivity contribution is 0.566. The van der Waals surface area contributed by atoms with Crippen molar-refractivity contribution in [2.24, 2.45) is 7.05 Å². The van der Waals surface area contributed by atoms with Crippen LogP contribution in [0.1, 0.15) is 5.69 Å². The number of rotatable bonds is 1. The number of hydrogen-bond acceptors (Lipinski definition) is 2. The Morgan fingerprint density at radius 2 is 1.90 bits per heavy atom. The standard InChI is InChI=1S/C12H9BrF2N4S/c1-5-9-11(18(2)17-5)19(12(20)16-9)10-7(14)3-6(13)4-8(10)15/h3-4H,1-2H3,(H,16,20). The van der Waals surface area contributed by atoms with Gasteiger partial charge in [-0.15, -0.1) is 0 Å². The van der Waals surface area contributed by atoms with Gasteiger partial charge >= 0.3 is 0 Å². The van der Waals surface area contributed by atoms with Crippen molar-refractivity contribution in [3.63, 3.8) is 0 Å². The van der Waals surface area contributed by atoms with Crippen LogP contribution in [0, 0.1) is 23.3 Å². The summed E-state index contributed by atoms with van der Waals surface area (Å²) in [6, 6.07) is 2.39. The number of halogens is 3. The largest absolute Gasteiger partial charge is 0.327 e. The van der Waals surface area contributed by atoms with Crippen molar-refractivity contribution in [1.82, 2.24) is 19.3 Å². The van der Waals surface area contributed by atoms with Crippen molar-refractivity contribution in [2.75, 3.05) is 0 Å². The molecule has 1 N–H and O–H groups in total. The molecule has 8 heteroatoms. The Hall–Kier alpha value is -1.54. The van der Waals surface area contributed by atoms with Gasteiger partial charge in [0.1, 0.15) is 11.2 Å². The molecule has 0 amide bonds. The molecule has 0 saturated heterocycles. The molecular weight excluding hydrogens is 350 g/mol. The number of hydrogen-bond donors (Lipinski definition) is 1. The summed E-state index contributed by atoms with van der Waals surface area (Å²) in [4.78, 5) is 2.93. The van der Waals surface area contributed by atoms with Crippen LogP contribution < -0.4 is 0 Å². The first-order valence-electron chi connectivity index (χ1n) is 5.69. The molecule has 20 heavy (non-hydrogen) atoms. The molecule has 0 saturated carbocycles. The van der Waals surface area contributed by atoms with Gasteiger partial charge in [0.25, 0.3) is 0 Å². The minimum atomic E-state index is -0.701. The van der Waals surface area contributed by atoms with Crippen LogP contribution >= 0.6 is 28.1 Å². The number of fused-ring (bicyclic) bond motifs is 1. The third-order valence-electron chi connectivity index (χ3n) is 3.04. The fourth-order valence-electron chi connectivity index (χ4n) is 2.26. The Balaban J connectivity index is 2.47. The molecule has 0 atom stereocenters. The minimum Gasteiger partial charge on any atom is -0.327 e. The van der Waals surface area contributed by atoms with E-state index in [9.17, 15) is 8.78 Å². The highest BCUT2D eigenvalue weighted by molar-refractivity contribution is 9.10. The number of aromatic nitrogens is 4. The summed E-state index contributed by atoms with van der Waals surface area (Å²) < 4.78 is 31.7. The van der Waals surface area contributed by atoms with E-state index in [1.807, 2.05) is 0 Å². The molecule has 104 valence electrons. The first-order valence-corrected chi connectivity index (χ1v) is 6.89. The van der Waals surface area contributed by atoms with Crippen LogP contribution in [0.5, 0.6) is 0 Å². The molecule has 2 aromatic heterocycles. The maximum atomic E-state index is 14.1. The molecule has 3 aromatic rings. The number of nitrogens with zero attached hydrogens (tertiary/aromatic N) is 3. The second kappa shape index (κ2) is 4.49. The summed E-state index contributed by atoms with van der Waals surface area (Å²) in [7, 11) is 1.70. The maximum Gasteiger partial charge on any atom is 0.184 e. The Morgan fingerprint density at radius 3 is 2.50 bits per heavy atom. The quantitative estimate of drug-likeness (QED) is 0.672. The van der Waals surface area contributed by atoms with E-state index < -0.39 is 11.6 Å². The first-order chi connectivity index (χ1) is 9.40. The molecule has 0 spiro atoms. The van der Waals surface area contributed by atoms with Gasteiger partial charge in [0.05, 0.1) is 5.69 Å². The Morgan fingerprint density at radius 1 is 1.30 bits per heavy atom. The number of benzene rings is 1. The third-order valence-corrected chi connectivity index (χ3v) is 3.79. The summed E-state index contributed by atoms with van der Waals surface area (Å²) in [6.45, 7) is 1.80. The topological polar surface area (TPSA) is 38.5 Å². The van der Waals surface area contributed by atoms with E-state index in [0.29, 0.717) is 21.3 Å². The van der Waals surface area contributed by atoms with Crippen molar-refractivity contribution in [3.05, 3.63) is 38.7 Å². The number of aromatic amines is 1. The molecule has 2 heterocycles. The predicted octanol–water partition coefficient (Wildman–Crippen LogP) is 3.77. The van der Waals surface area contributed by atoms with Crippen molar-refractivity contribution in [2.45, 2.75) is 6.92 Å². The Bertz CT molecular complexity index is 870. The van der Waals surface area contributed by atoms with E-state index in [1.165, 1.54) is 21.4 Å². The average molecular weight is 359 g/mol. The number of aryl methyl sites for hydroxylation is 2. The van der Waals surface area contributed by atoms with Crippen LogP contribution in [-0.2, 0) is 7.05 Å². The summed E-state index contributed by atoms with van der Waals surface area (Å²) in [5.41, 5.74) is 1.68. The zero-order valence-corrected chi connectivity index (χ0v) is 12.9. The highest BCUT2D eigenvalue weighted by atomic mass is 79.9. The first kappa shape index (κ1) is 13.4. The highest BCUT2D eigenvalue weighted by Gasteiger charge is 2.20. The van der Waals surface area contributed by atoms with Gasteiger partial charge in [0.15, 0.2) is 22.1 Å². The second-order valence-corrected chi connectivity index (χ2v) is 5.69. The van der Waals surface area contributed by atoms with E-state index in [-0.39, 0.29) is 10.5 Å². The fourth-order valence-corrected chi connectivity index (χ4v) is 2.95. The normalized spacial score (nSPS) is 11.4. The molecule has 0 fully saturated rings. The van der Waals surface area contributed by atoms with Gasteiger partial charge in [0.2, 0.25) is 0 Å². The third kappa shape index (κ3) is 1.82. The molecule has 3 rings (SSSR count). The predicted molar refractivity (Wildman–Crippen MR) is 77.6 cm³/mol. The molecule has 0 radical (unpaired) electrons. The number of imidazole rings is 1. The molecule has 0 aliphatic carbocycles. The average Bonchev–Trinajstić information content (AvgIpc) is 2.78. The van der Waals surface area contributed by atoms with Crippen LogP contribution in [0.4, 0.5) is 8.78 Å². The van der Waals surface area contributed by atoms with E-state index in [0.717, 1.165) is 0 Å². The fraction of sp³-hybridized carbons (Fsp3) is 0.167. The van der Waals surface area contributed by atoms with Crippen molar-refractivity contribution in [1.29, 1.82) is 0 Å². The van der Waals surface area contributed by atoms with Crippen molar-refractivity contribution in [3.8, 4) is 5.69 Å². The molecule has 0 unspecified atom stereocenters. The Labute approximate surface area is 126 Å². The summed E-state index contributed by atoms with van der Waals surface area (Å²) >= 11 is 8.24. The Kier molecular flexibility index (Phi) is 3.02. The lowest BCUT2D eigenvalue weighted by Gasteiger charge is -2.08. The summed E-state index contributed by atoms with van der Waals surface area (Å²) in [6.07, 6.45) is 0. The van der Waals surface area contributed by atoms with Gasteiger partial charge in [-0.05, 0) is 31.3 Å². The minimum absolute atomic E-state index is 0.215. The highest BCUT2D eigenvalue weighted by Crippen LogP contribution is 2.27. The summed E-state index contributed by atoms with van der Waals surface area (Å²) in [5, 5.41) is 4.22. The van der Waals surface area contributed by atoms with Crippen LogP contribution in [0.3, 0.4) is 0 Å². The second-order valence-electron chi connectivity index (χ2n) is 4.39. The smallest absolute Gasteiger partial charge is 0.184 e. The van der Waals surface area contributed by atoms with Crippen LogP contribution in [0.2, 0.25) is 0 Å². The lowest BCUT2D eigenvalue weighted by atomic mass is 10.3. The van der Waals surface area contributed by atoms with Gasteiger partial charge in [-0.1, -0.05) is 15.9 Å². The van der Waals surface area contributed by atoms with Crippen molar-refractivity contribution < 1.29 is 8.78 Å². The zero-order valence-electron chi connectivity index (χ0n) is 10.5. The molecule has 1 aromatic carbocycles. The van der Waals surface area contributed by atoms with Crippen LogP contribution in [0.25, 0.3) is 16.9 Å². The van der Waals surface area contributed by atoms with Gasteiger partial charge in [-0.25, -0.2) is 13.5 Å². The van der Waals surface area contributed by atoms with Gasteiger partial charge < -0.3 is 4.98 Å². The molecule has 4 nitrogen and oxygen atoms in total. The molecule has 0 bridgehead atoms.